The Labute approximate surface area is 127 Å². The quantitative estimate of drug-likeness (QED) is 0.812. The number of nitrogens with zero attached hydrogens (tertiary/aromatic N) is 2. The van der Waals surface area contributed by atoms with Crippen molar-refractivity contribution in [2.24, 2.45) is 5.73 Å². The molecule has 0 bridgehead atoms. The van der Waals surface area contributed by atoms with Crippen LogP contribution < -0.4 is 11.1 Å². The molecule has 0 spiro atoms. The standard InChI is InChI=1S/C16H26N4O/c1-19-10-12-20(13-11-19)9-7-16(21)18-15-4-2-14(3-5-15)6-8-17/h2-5H,6-13,17H2,1H3,(H,18,21). The smallest absolute Gasteiger partial charge is 0.225 e. The van der Waals surface area contributed by atoms with Crippen LogP contribution in [0.5, 0.6) is 0 Å². The lowest BCUT2D eigenvalue weighted by atomic mass is 10.1. The Morgan fingerprint density at radius 3 is 2.48 bits per heavy atom. The number of amides is 1. The van der Waals surface area contributed by atoms with Crippen molar-refractivity contribution >= 4 is 11.6 Å². The van der Waals surface area contributed by atoms with Gasteiger partial charge in [0.25, 0.3) is 0 Å². The van der Waals surface area contributed by atoms with Crippen molar-refractivity contribution in [1.29, 1.82) is 0 Å². The van der Waals surface area contributed by atoms with Crippen molar-refractivity contribution in [3.63, 3.8) is 0 Å². The van der Waals surface area contributed by atoms with Gasteiger partial charge in [0.1, 0.15) is 0 Å². The van der Waals surface area contributed by atoms with Crippen LogP contribution in [0.2, 0.25) is 0 Å². The van der Waals surface area contributed by atoms with Gasteiger partial charge in [-0.15, -0.1) is 0 Å². The van der Waals surface area contributed by atoms with Crippen LogP contribution in [0.3, 0.4) is 0 Å². The molecule has 0 unspecified atom stereocenters. The predicted molar refractivity (Wildman–Crippen MR) is 86.4 cm³/mol. The van der Waals surface area contributed by atoms with Gasteiger partial charge in [-0.25, -0.2) is 0 Å². The van der Waals surface area contributed by atoms with Crippen LogP contribution in [0.15, 0.2) is 24.3 Å². The third-order valence-corrected chi connectivity index (χ3v) is 3.92. The van der Waals surface area contributed by atoms with E-state index in [1.165, 1.54) is 5.56 Å². The number of likely N-dealkylation sites (N-methyl/N-ethyl adjacent to an activating group) is 1. The van der Waals surface area contributed by atoms with Crippen LogP contribution in [0.25, 0.3) is 0 Å². The Balaban J connectivity index is 1.71. The predicted octanol–water partition coefficient (Wildman–Crippen LogP) is 0.764. The molecule has 1 amide bonds. The summed E-state index contributed by atoms with van der Waals surface area (Å²) in [5.41, 5.74) is 7.58. The molecule has 0 aromatic heterocycles. The van der Waals surface area contributed by atoms with Crippen LogP contribution in [-0.4, -0.2) is 62.0 Å². The van der Waals surface area contributed by atoms with E-state index in [1.807, 2.05) is 24.3 Å². The van der Waals surface area contributed by atoms with E-state index in [0.717, 1.165) is 44.8 Å². The van der Waals surface area contributed by atoms with Crippen molar-refractivity contribution in [3.8, 4) is 0 Å². The van der Waals surface area contributed by atoms with E-state index in [4.69, 9.17) is 5.73 Å². The average Bonchev–Trinajstić information content (AvgIpc) is 2.49. The van der Waals surface area contributed by atoms with Gasteiger partial charge in [0.15, 0.2) is 0 Å². The zero-order chi connectivity index (χ0) is 15.1. The Morgan fingerprint density at radius 1 is 1.19 bits per heavy atom. The highest BCUT2D eigenvalue weighted by Gasteiger charge is 2.14. The highest BCUT2D eigenvalue weighted by molar-refractivity contribution is 5.90. The first kappa shape index (κ1) is 15.9. The molecule has 3 N–H and O–H groups in total. The Bertz CT molecular complexity index is 438. The molecule has 0 saturated carbocycles. The molecule has 5 heteroatoms. The van der Waals surface area contributed by atoms with E-state index in [2.05, 4.69) is 22.2 Å². The second kappa shape index (κ2) is 8.12. The lowest BCUT2D eigenvalue weighted by molar-refractivity contribution is -0.116. The topological polar surface area (TPSA) is 61.6 Å². The van der Waals surface area contributed by atoms with Gasteiger partial charge in [-0.3, -0.25) is 4.79 Å². The minimum atomic E-state index is 0.0838. The molecule has 0 aliphatic carbocycles. The molecule has 116 valence electrons. The van der Waals surface area contributed by atoms with Gasteiger partial charge >= 0.3 is 0 Å². The number of anilines is 1. The number of hydrogen-bond acceptors (Lipinski definition) is 4. The van der Waals surface area contributed by atoms with E-state index in [1.54, 1.807) is 0 Å². The highest BCUT2D eigenvalue weighted by atomic mass is 16.1. The van der Waals surface area contributed by atoms with E-state index >= 15 is 0 Å². The number of piperazine rings is 1. The maximum Gasteiger partial charge on any atom is 0.225 e. The largest absolute Gasteiger partial charge is 0.330 e. The van der Waals surface area contributed by atoms with Crippen molar-refractivity contribution < 1.29 is 4.79 Å². The minimum Gasteiger partial charge on any atom is -0.330 e. The molecular formula is C16H26N4O. The Morgan fingerprint density at radius 2 is 1.86 bits per heavy atom. The summed E-state index contributed by atoms with van der Waals surface area (Å²) in [5, 5.41) is 2.95. The number of nitrogens with two attached hydrogens (primary N) is 1. The molecule has 2 rings (SSSR count). The lowest BCUT2D eigenvalue weighted by Gasteiger charge is -2.32. The fraction of sp³-hybridized carbons (Fsp3) is 0.562. The fourth-order valence-corrected chi connectivity index (χ4v) is 2.48. The molecule has 1 saturated heterocycles. The Hall–Kier alpha value is -1.43. The summed E-state index contributed by atoms with van der Waals surface area (Å²) in [5.74, 6) is 0.0838. The van der Waals surface area contributed by atoms with Crippen molar-refractivity contribution in [2.75, 3.05) is 51.6 Å². The second-order valence-corrected chi connectivity index (χ2v) is 5.68. The number of nitrogens with one attached hydrogen (secondary N) is 1. The van der Waals surface area contributed by atoms with E-state index in [0.29, 0.717) is 13.0 Å². The molecule has 1 fully saturated rings. The summed E-state index contributed by atoms with van der Waals surface area (Å²) < 4.78 is 0. The van der Waals surface area contributed by atoms with Crippen LogP contribution in [-0.2, 0) is 11.2 Å². The van der Waals surface area contributed by atoms with Gasteiger partial charge in [0.2, 0.25) is 5.91 Å². The molecule has 0 radical (unpaired) electrons. The van der Waals surface area contributed by atoms with Crippen LogP contribution in [0, 0.1) is 0 Å². The number of hydrogen-bond donors (Lipinski definition) is 2. The number of rotatable bonds is 6. The van der Waals surface area contributed by atoms with E-state index in [9.17, 15) is 4.79 Å². The molecule has 1 heterocycles. The summed E-state index contributed by atoms with van der Waals surface area (Å²) in [4.78, 5) is 16.6. The summed E-state index contributed by atoms with van der Waals surface area (Å²) >= 11 is 0. The maximum absolute atomic E-state index is 12.0. The summed E-state index contributed by atoms with van der Waals surface area (Å²) in [6, 6.07) is 7.92. The molecule has 1 aromatic carbocycles. The van der Waals surface area contributed by atoms with Gasteiger partial charge in [0, 0.05) is 44.8 Å². The second-order valence-electron chi connectivity index (χ2n) is 5.68. The molecule has 1 aliphatic heterocycles. The minimum absolute atomic E-state index is 0.0838. The van der Waals surface area contributed by atoms with Gasteiger partial charge in [-0.05, 0) is 37.7 Å². The first-order chi connectivity index (χ1) is 10.2. The number of carbonyl (C=O) groups is 1. The molecule has 5 nitrogen and oxygen atoms in total. The normalized spacial score (nSPS) is 16.9. The molecule has 1 aromatic rings. The lowest BCUT2D eigenvalue weighted by Crippen LogP contribution is -2.45. The van der Waals surface area contributed by atoms with Gasteiger partial charge in [-0.1, -0.05) is 12.1 Å². The Kier molecular flexibility index (Phi) is 6.17. The van der Waals surface area contributed by atoms with Gasteiger partial charge < -0.3 is 20.9 Å². The molecule has 1 aliphatic rings. The van der Waals surface area contributed by atoms with E-state index < -0.39 is 0 Å². The summed E-state index contributed by atoms with van der Waals surface area (Å²) in [6.07, 6.45) is 1.42. The van der Waals surface area contributed by atoms with Crippen LogP contribution in [0.1, 0.15) is 12.0 Å². The zero-order valence-corrected chi connectivity index (χ0v) is 12.8. The summed E-state index contributed by atoms with van der Waals surface area (Å²) in [6.45, 7) is 5.77. The average molecular weight is 290 g/mol. The fourth-order valence-electron chi connectivity index (χ4n) is 2.48. The van der Waals surface area contributed by atoms with Gasteiger partial charge in [-0.2, -0.15) is 0 Å². The molecular weight excluding hydrogens is 264 g/mol. The van der Waals surface area contributed by atoms with Crippen molar-refractivity contribution in [3.05, 3.63) is 29.8 Å². The van der Waals surface area contributed by atoms with Crippen LogP contribution in [0.4, 0.5) is 5.69 Å². The van der Waals surface area contributed by atoms with Crippen LogP contribution >= 0.6 is 0 Å². The van der Waals surface area contributed by atoms with Crippen molar-refractivity contribution in [1.82, 2.24) is 9.80 Å². The molecule has 21 heavy (non-hydrogen) atoms. The SMILES string of the molecule is CN1CCN(CCC(=O)Nc2ccc(CCN)cc2)CC1. The number of carbonyl (C=O) groups excluding carboxylic acids is 1. The van der Waals surface area contributed by atoms with Crippen molar-refractivity contribution in [2.45, 2.75) is 12.8 Å². The molecule has 0 atom stereocenters. The maximum atomic E-state index is 12.0. The number of benzene rings is 1. The summed E-state index contributed by atoms with van der Waals surface area (Å²) in [7, 11) is 2.14. The first-order valence-corrected chi connectivity index (χ1v) is 7.67. The zero-order valence-electron chi connectivity index (χ0n) is 12.8. The van der Waals surface area contributed by atoms with E-state index in [-0.39, 0.29) is 5.91 Å². The monoisotopic (exact) mass is 290 g/mol. The first-order valence-electron chi connectivity index (χ1n) is 7.67. The third-order valence-electron chi connectivity index (χ3n) is 3.92. The third kappa shape index (κ3) is 5.46. The van der Waals surface area contributed by atoms with Gasteiger partial charge in [0.05, 0.1) is 0 Å². The highest BCUT2D eigenvalue weighted by Crippen LogP contribution is 2.10.